The molecule has 0 radical (unpaired) electrons. The third-order valence-electron chi connectivity index (χ3n) is 5.07. The molecule has 2 unspecified atom stereocenters. The van der Waals surface area contributed by atoms with Gasteiger partial charge in [0.2, 0.25) is 0 Å². The third-order valence-corrected chi connectivity index (χ3v) is 5.07. The number of carbonyl (C=O) groups excluding carboxylic acids is 2. The highest BCUT2D eigenvalue weighted by atomic mass is 16.5. The number of rotatable bonds is 12. The first-order chi connectivity index (χ1) is 12.4. The van der Waals surface area contributed by atoms with Crippen LogP contribution >= 0.6 is 0 Å². The van der Waals surface area contributed by atoms with Crippen LogP contribution in [-0.4, -0.2) is 25.2 Å². The number of hydrogen-bond donors (Lipinski definition) is 0. The molecule has 1 aliphatic carbocycles. The summed E-state index contributed by atoms with van der Waals surface area (Å²) in [6.45, 7) is 8.84. The van der Waals surface area contributed by atoms with Crippen LogP contribution in [0.2, 0.25) is 0 Å². The van der Waals surface area contributed by atoms with Crippen molar-refractivity contribution < 1.29 is 19.1 Å². The minimum absolute atomic E-state index is 0.260. The Balaban J connectivity index is 2.42. The Kier molecular flexibility index (Phi) is 10.6. The SMILES string of the molecule is CCCCCCCCCOC(=O)C1CCC=CC1(C)C(=O)OCC(C)C. The summed E-state index contributed by atoms with van der Waals surface area (Å²) in [5, 5.41) is 0. The van der Waals surface area contributed by atoms with Crippen LogP contribution in [0.5, 0.6) is 0 Å². The minimum Gasteiger partial charge on any atom is -0.465 e. The Labute approximate surface area is 159 Å². The van der Waals surface area contributed by atoms with Gasteiger partial charge in [0.05, 0.1) is 24.5 Å². The summed E-state index contributed by atoms with van der Waals surface area (Å²) in [6, 6.07) is 0. The first-order valence-electron chi connectivity index (χ1n) is 10.4. The highest BCUT2D eigenvalue weighted by molar-refractivity contribution is 5.87. The predicted molar refractivity (Wildman–Crippen MR) is 105 cm³/mol. The van der Waals surface area contributed by atoms with Gasteiger partial charge in [-0.25, -0.2) is 0 Å². The van der Waals surface area contributed by atoms with Crippen LogP contribution in [0.15, 0.2) is 12.2 Å². The van der Waals surface area contributed by atoms with E-state index in [1.807, 2.05) is 26.0 Å². The number of hydrogen-bond acceptors (Lipinski definition) is 4. The quantitative estimate of drug-likeness (QED) is 0.262. The second-order valence-corrected chi connectivity index (χ2v) is 8.10. The largest absolute Gasteiger partial charge is 0.465 e. The topological polar surface area (TPSA) is 52.6 Å². The molecule has 2 atom stereocenters. The number of unbranched alkanes of at least 4 members (excludes halogenated alkanes) is 6. The maximum absolute atomic E-state index is 12.6. The first-order valence-corrected chi connectivity index (χ1v) is 10.4. The van der Waals surface area contributed by atoms with Crippen molar-refractivity contribution in [3.63, 3.8) is 0 Å². The fourth-order valence-electron chi connectivity index (χ4n) is 3.31. The summed E-state index contributed by atoms with van der Waals surface area (Å²) in [5.41, 5.74) is -0.912. The van der Waals surface area contributed by atoms with Crippen molar-refractivity contribution >= 4 is 11.9 Å². The molecule has 0 aromatic heterocycles. The standard InChI is InChI=1S/C22H38O4/c1-5-6-7-8-9-10-13-16-25-20(23)19-14-11-12-15-22(19,4)21(24)26-17-18(2)3/h12,15,18-19H,5-11,13-14,16-17H2,1-4H3. The molecule has 0 aromatic carbocycles. The average molecular weight is 367 g/mol. The summed E-state index contributed by atoms with van der Waals surface area (Å²) in [7, 11) is 0. The van der Waals surface area contributed by atoms with Crippen LogP contribution in [0.25, 0.3) is 0 Å². The zero-order valence-corrected chi connectivity index (χ0v) is 17.2. The second kappa shape index (κ2) is 12.1. The van der Waals surface area contributed by atoms with E-state index in [9.17, 15) is 9.59 Å². The van der Waals surface area contributed by atoms with Crippen molar-refractivity contribution in [1.82, 2.24) is 0 Å². The molecule has 0 spiro atoms. The zero-order valence-electron chi connectivity index (χ0n) is 17.2. The van der Waals surface area contributed by atoms with E-state index in [4.69, 9.17) is 9.47 Å². The highest BCUT2D eigenvalue weighted by Gasteiger charge is 2.46. The smallest absolute Gasteiger partial charge is 0.316 e. The van der Waals surface area contributed by atoms with Crippen LogP contribution < -0.4 is 0 Å². The van der Waals surface area contributed by atoms with Crippen molar-refractivity contribution in [3.8, 4) is 0 Å². The van der Waals surface area contributed by atoms with Gasteiger partial charge in [-0.15, -0.1) is 0 Å². The van der Waals surface area contributed by atoms with E-state index in [0.29, 0.717) is 19.6 Å². The molecule has 0 bridgehead atoms. The van der Waals surface area contributed by atoms with Gasteiger partial charge in [-0.2, -0.15) is 0 Å². The van der Waals surface area contributed by atoms with Crippen LogP contribution in [0.1, 0.15) is 85.5 Å². The molecule has 0 heterocycles. The zero-order chi connectivity index (χ0) is 19.4. The molecule has 150 valence electrons. The third kappa shape index (κ3) is 7.51. The molecule has 26 heavy (non-hydrogen) atoms. The lowest BCUT2D eigenvalue weighted by molar-refractivity contribution is -0.166. The summed E-state index contributed by atoms with van der Waals surface area (Å²) >= 11 is 0. The first kappa shape index (κ1) is 22.7. The number of carbonyl (C=O) groups is 2. The lowest BCUT2D eigenvalue weighted by Crippen LogP contribution is -2.42. The molecule has 1 aliphatic rings. The molecular formula is C22H38O4. The average Bonchev–Trinajstić information content (AvgIpc) is 2.62. The molecule has 0 N–H and O–H groups in total. The molecular weight excluding hydrogens is 328 g/mol. The number of ether oxygens (including phenoxy) is 2. The Morgan fingerprint density at radius 2 is 1.73 bits per heavy atom. The lowest BCUT2D eigenvalue weighted by Gasteiger charge is -2.34. The predicted octanol–water partition coefficient (Wildman–Crippen LogP) is 5.45. The van der Waals surface area contributed by atoms with E-state index in [1.165, 1.54) is 32.1 Å². The maximum Gasteiger partial charge on any atom is 0.316 e. The highest BCUT2D eigenvalue weighted by Crippen LogP contribution is 2.38. The van der Waals surface area contributed by atoms with Gasteiger partial charge in [-0.05, 0) is 32.1 Å². The molecule has 0 aliphatic heterocycles. The lowest BCUT2D eigenvalue weighted by atomic mass is 9.71. The minimum atomic E-state index is -0.912. The fourth-order valence-corrected chi connectivity index (χ4v) is 3.31. The van der Waals surface area contributed by atoms with Crippen molar-refractivity contribution in [2.45, 2.75) is 85.5 Å². The van der Waals surface area contributed by atoms with E-state index in [0.717, 1.165) is 19.3 Å². The molecule has 0 saturated carbocycles. The van der Waals surface area contributed by atoms with Gasteiger partial charge in [0, 0.05) is 0 Å². The van der Waals surface area contributed by atoms with Crippen LogP contribution in [-0.2, 0) is 19.1 Å². The van der Waals surface area contributed by atoms with E-state index in [-0.39, 0.29) is 17.9 Å². The molecule has 4 nitrogen and oxygen atoms in total. The van der Waals surface area contributed by atoms with Crippen LogP contribution in [0.4, 0.5) is 0 Å². The molecule has 4 heteroatoms. The summed E-state index contributed by atoms with van der Waals surface area (Å²) < 4.78 is 10.9. The monoisotopic (exact) mass is 366 g/mol. The van der Waals surface area contributed by atoms with E-state index < -0.39 is 11.3 Å². The molecule has 1 rings (SSSR count). The summed E-state index contributed by atoms with van der Waals surface area (Å²) in [6.07, 6.45) is 13.5. The molecule has 0 fully saturated rings. The summed E-state index contributed by atoms with van der Waals surface area (Å²) in [4.78, 5) is 25.1. The van der Waals surface area contributed by atoms with Gasteiger partial charge in [-0.1, -0.05) is 71.4 Å². The van der Waals surface area contributed by atoms with Gasteiger partial charge in [0.1, 0.15) is 0 Å². The Morgan fingerprint density at radius 3 is 2.38 bits per heavy atom. The fraction of sp³-hybridized carbons (Fsp3) is 0.818. The number of esters is 2. The van der Waals surface area contributed by atoms with E-state index >= 15 is 0 Å². The van der Waals surface area contributed by atoms with Crippen LogP contribution in [0, 0.1) is 17.3 Å². The van der Waals surface area contributed by atoms with Gasteiger partial charge in [0.25, 0.3) is 0 Å². The molecule has 0 amide bonds. The molecule has 0 saturated heterocycles. The van der Waals surface area contributed by atoms with Gasteiger partial charge >= 0.3 is 11.9 Å². The van der Waals surface area contributed by atoms with Crippen molar-refractivity contribution in [2.24, 2.45) is 17.3 Å². The van der Waals surface area contributed by atoms with Gasteiger partial charge < -0.3 is 9.47 Å². The van der Waals surface area contributed by atoms with Crippen molar-refractivity contribution in [3.05, 3.63) is 12.2 Å². The maximum atomic E-state index is 12.6. The van der Waals surface area contributed by atoms with Crippen molar-refractivity contribution in [1.29, 1.82) is 0 Å². The Hall–Kier alpha value is -1.32. The van der Waals surface area contributed by atoms with E-state index in [2.05, 4.69) is 6.92 Å². The number of allylic oxidation sites excluding steroid dienone is 1. The molecule has 0 aromatic rings. The second-order valence-electron chi connectivity index (χ2n) is 8.10. The van der Waals surface area contributed by atoms with Crippen LogP contribution in [0.3, 0.4) is 0 Å². The Morgan fingerprint density at radius 1 is 1.08 bits per heavy atom. The Bertz CT molecular complexity index is 455. The normalized spacial score (nSPS) is 22.4. The van der Waals surface area contributed by atoms with Gasteiger partial charge in [-0.3, -0.25) is 9.59 Å². The van der Waals surface area contributed by atoms with E-state index in [1.54, 1.807) is 6.92 Å². The van der Waals surface area contributed by atoms with Gasteiger partial charge in [0.15, 0.2) is 0 Å². The van der Waals surface area contributed by atoms with Crippen molar-refractivity contribution in [2.75, 3.05) is 13.2 Å². The summed E-state index contributed by atoms with van der Waals surface area (Å²) in [5.74, 6) is -0.751.